The highest BCUT2D eigenvalue weighted by atomic mass is 32.1. The van der Waals surface area contributed by atoms with Crippen LogP contribution in [0.3, 0.4) is 0 Å². The summed E-state index contributed by atoms with van der Waals surface area (Å²) in [6.45, 7) is 14.9. The number of furan rings is 2. The minimum Gasteiger partial charge on any atom is -0.454 e. The van der Waals surface area contributed by atoms with Crippen molar-refractivity contribution in [2.24, 2.45) is 0 Å². The standard InChI is InChI=1S/C72H52N2O2S2Si2/c1-41-21-7-13-29-51(41)73(53-31-19-27-45-43-23-9-15-33-57(43)75-69(45)53)56-40-64-66(68-48-26-12-18-36-60(48)78-72(56)68)50-38-61-49(37-62(50)80(64,5)6)65-63(79(61,3)4)39-55(70-67(65)47-25-10-16-34-58(47)76-70)74(52-30-14-8-22-42(52)2)54-32-20-28-46-44-24-11-17-35-59(44)77-71(46)54/h7-40H,1-6H3. The summed E-state index contributed by atoms with van der Waals surface area (Å²) in [6, 6.07) is 77.0. The van der Waals surface area contributed by atoms with Crippen LogP contribution in [0.1, 0.15) is 11.1 Å². The molecule has 0 spiro atoms. The number of para-hydroxylation sites is 5. The van der Waals surface area contributed by atoms with Crippen molar-refractivity contribution in [2.75, 3.05) is 9.80 Å². The average molecular weight is 1100 g/mol. The third kappa shape index (κ3) is 6.19. The van der Waals surface area contributed by atoms with Crippen molar-refractivity contribution >= 4 is 178 Å². The first-order valence-corrected chi connectivity index (χ1v) is 35.4. The van der Waals surface area contributed by atoms with E-state index in [9.17, 15) is 0 Å². The van der Waals surface area contributed by atoms with Crippen LogP contribution < -0.4 is 30.5 Å². The van der Waals surface area contributed by atoms with Gasteiger partial charge in [-0.1, -0.05) is 172 Å². The molecule has 17 rings (SSSR count). The number of thiophene rings is 2. The molecule has 2 aliphatic rings. The number of nitrogens with zero attached hydrogens (tertiary/aromatic N) is 2. The Labute approximate surface area is 473 Å². The maximum atomic E-state index is 7.33. The molecule has 0 saturated carbocycles. The van der Waals surface area contributed by atoms with Gasteiger partial charge in [-0.05, 0) is 129 Å². The lowest BCUT2D eigenvalue weighted by molar-refractivity contribution is 0.669. The number of hydrogen-bond acceptors (Lipinski definition) is 6. The Kier molecular flexibility index (Phi) is 9.59. The van der Waals surface area contributed by atoms with Crippen molar-refractivity contribution in [3.8, 4) is 22.3 Å². The zero-order valence-electron chi connectivity index (χ0n) is 45.2. The van der Waals surface area contributed by atoms with Crippen molar-refractivity contribution in [1.82, 2.24) is 0 Å². The van der Waals surface area contributed by atoms with Gasteiger partial charge >= 0.3 is 0 Å². The summed E-state index contributed by atoms with van der Waals surface area (Å²) in [6.07, 6.45) is 0. The predicted octanol–water partition coefficient (Wildman–Crippen LogP) is 19.4. The Morgan fingerprint density at radius 1 is 0.338 bits per heavy atom. The van der Waals surface area contributed by atoms with Crippen LogP contribution in [0.5, 0.6) is 0 Å². The monoisotopic (exact) mass is 1100 g/mol. The fourth-order valence-corrected chi connectivity index (χ4v) is 22.7. The van der Waals surface area contributed by atoms with Gasteiger partial charge in [-0.15, -0.1) is 22.7 Å². The second-order valence-corrected chi connectivity index (χ2v) is 33.9. The number of rotatable bonds is 6. The van der Waals surface area contributed by atoms with Gasteiger partial charge in [0.2, 0.25) is 0 Å². The highest BCUT2D eigenvalue weighted by Crippen LogP contribution is 2.54. The van der Waals surface area contributed by atoms with E-state index in [1.54, 1.807) is 0 Å². The number of benzene rings is 11. The van der Waals surface area contributed by atoms with Gasteiger partial charge in [0.05, 0.1) is 32.1 Å². The number of aryl methyl sites for hydroxylation is 2. The third-order valence-electron chi connectivity index (χ3n) is 18.1. The van der Waals surface area contributed by atoms with E-state index in [-0.39, 0.29) is 0 Å². The maximum absolute atomic E-state index is 7.33. The van der Waals surface area contributed by atoms with E-state index in [1.807, 2.05) is 22.7 Å². The molecule has 0 N–H and O–H groups in total. The summed E-state index contributed by atoms with van der Waals surface area (Å²) in [7, 11) is -4.95. The van der Waals surface area contributed by atoms with E-state index in [2.05, 4.69) is 256 Å². The van der Waals surface area contributed by atoms with E-state index >= 15 is 0 Å². The first-order chi connectivity index (χ1) is 39.0. The second-order valence-electron chi connectivity index (χ2n) is 23.2. The maximum Gasteiger partial charge on any atom is 0.160 e. The topological polar surface area (TPSA) is 32.8 Å². The van der Waals surface area contributed by atoms with Crippen LogP contribution in [0.2, 0.25) is 26.2 Å². The fourth-order valence-electron chi connectivity index (χ4n) is 14.2. The molecule has 0 unspecified atom stereocenters. The molecule has 4 nitrogen and oxygen atoms in total. The van der Waals surface area contributed by atoms with Gasteiger partial charge in [-0.3, -0.25) is 0 Å². The average Bonchev–Trinajstić information content (AvgIpc) is 3.29. The molecule has 8 heteroatoms. The molecular weight excluding hydrogens is 1050 g/mol. The van der Waals surface area contributed by atoms with Crippen molar-refractivity contribution in [3.05, 3.63) is 217 Å². The molecule has 15 aromatic rings. The number of anilines is 6. The van der Waals surface area contributed by atoms with E-state index in [1.165, 1.54) is 111 Å². The molecule has 11 aromatic carbocycles. The Bertz CT molecular complexity index is 4880. The van der Waals surface area contributed by atoms with Crippen molar-refractivity contribution in [3.63, 3.8) is 0 Å². The predicted molar refractivity (Wildman–Crippen MR) is 350 cm³/mol. The Morgan fingerprint density at radius 2 is 0.800 bits per heavy atom. The zero-order chi connectivity index (χ0) is 53.5. The molecule has 0 radical (unpaired) electrons. The van der Waals surface area contributed by atoms with Gasteiger partial charge in [-0.25, -0.2) is 0 Å². The summed E-state index contributed by atoms with van der Waals surface area (Å²) in [5, 5.41) is 15.8. The number of hydrogen-bond donors (Lipinski definition) is 0. The fraction of sp³-hybridized carbons (Fsp3) is 0.0833. The third-order valence-corrected chi connectivity index (χ3v) is 27.5. The van der Waals surface area contributed by atoms with Gasteiger partial charge in [0, 0.05) is 63.9 Å². The molecule has 80 heavy (non-hydrogen) atoms. The van der Waals surface area contributed by atoms with Gasteiger partial charge in [-0.2, -0.15) is 0 Å². The van der Waals surface area contributed by atoms with Gasteiger partial charge < -0.3 is 18.6 Å². The summed E-state index contributed by atoms with van der Waals surface area (Å²) < 4.78 is 19.4. The highest BCUT2D eigenvalue weighted by Gasteiger charge is 2.47. The Morgan fingerprint density at radius 3 is 1.48 bits per heavy atom. The van der Waals surface area contributed by atoms with E-state index in [0.29, 0.717) is 0 Å². The minimum absolute atomic E-state index is 0.897. The lowest BCUT2D eigenvalue weighted by atomic mass is 9.94. The van der Waals surface area contributed by atoms with Crippen molar-refractivity contribution in [2.45, 2.75) is 40.0 Å². The van der Waals surface area contributed by atoms with Crippen LogP contribution in [0.15, 0.2) is 215 Å². The Balaban J connectivity index is 0.931. The van der Waals surface area contributed by atoms with Crippen molar-refractivity contribution in [1.29, 1.82) is 0 Å². The first kappa shape index (κ1) is 46.4. The normalized spacial score (nSPS) is 14.1. The molecule has 6 heterocycles. The van der Waals surface area contributed by atoms with Crippen LogP contribution in [0.25, 0.3) is 106 Å². The lowest BCUT2D eigenvalue weighted by Crippen LogP contribution is -2.51. The van der Waals surface area contributed by atoms with Crippen LogP contribution in [0.4, 0.5) is 34.1 Å². The zero-order valence-corrected chi connectivity index (χ0v) is 48.8. The molecule has 0 saturated heterocycles. The second kappa shape index (κ2) is 16.5. The van der Waals surface area contributed by atoms with E-state index in [0.717, 1.165) is 61.2 Å². The molecular formula is C72H52N2O2S2Si2. The summed E-state index contributed by atoms with van der Waals surface area (Å²) in [4.78, 5) is 5.06. The summed E-state index contributed by atoms with van der Waals surface area (Å²) >= 11 is 3.80. The minimum atomic E-state index is -2.48. The lowest BCUT2D eigenvalue weighted by Gasteiger charge is -2.29. The molecule has 4 aromatic heterocycles. The van der Waals surface area contributed by atoms with E-state index in [4.69, 9.17) is 8.83 Å². The van der Waals surface area contributed by atoms with Crippen LogP contribution >= 0.6 is 22.7 Å². The molecule has 0 atom stereocenters. The molecule has 0 amide bonds. The van der Waals surface area contributed by atoms with Crippen LogP contribution in [-0.4, -0.2) is 16.1 Å². The summed E-state index contributed by atoms with van der Waals surface area (Å²) in [5.74, 6) is 0. The number of fused-ring (bicyclic) bond motifs is 20. The summed E-state index contributed by atoms with van der Waals surface area (Å²) in [5.41, 5.74) is 18.4. The smallest absolute Gasteiger partial charge is 0.160 e. The van der Waals surface area contributed by atoms with Gasteiger partial charge in [0.1, 0.15) is 27.3 Å². The first-order valence-electron chi connectivity index (χ1n) is 27.7. The molecule has 2 aliphatic heterocycles. The molecule has 0 fully saturated rings. The molecule has 0 aliphatic carbocycles. The Hall–Kier alpha value is -8.51. The quantitative estimate of drug-likeness (QED) is 0.155. The van der Waals surface area contributed by atoms with Gasteiger partial charge in [0.25, 0.3) is 0 Å². The van der Waals surface area contributed by atoms with E-state index < -0.39 is 16.1 Å². The molecule has 0 bridgehead atoms. The van der Waals surface area contributed by atoms with Crippen LogP contribution in [-0.2, 0) is 0 Å². The van der Waals surface area contributed by atoms with Gasteiger partial charge in [0.15, 0.2) is 11.2 Å². The van der Waals surface area contributed by atoms with Crippen molar-refractivity contribution < 1.29 is 8.83 Å². The SMILES string of the molecule is Cc1ccccc1N(c1cc2c(c3c1oc1ccccc13)-c1cc3c(cc1[Si]2(C)C)-c1c(cc(N(c2ccccc2C)c2cccc4c2oc2ccccc24)c2sc4ccccc4c12)[Si]3(C)C)c1cccc2c1sc1ccccc12. The largest absolute Gasteiger partial charge is 0.454 e. The molecule has 382 valence electrons. The highest BCUT2D eigenvalue weighted by molar-refractivity contribution is 7.27. The van der Waals surface area contributed by atoms with Crippen LogP contribution in [0, 0.1) is 13.8 Å².